The Labute approximate surface area is 138 Å². The summed E-state index contributed by atoms with van der Waals surface area (Å²) in [5.74, 6) is 0.153. The number of rotatable bonds is 7. The fraction of sp³-hybridized carbons (Fsp3) is 0.188. The van der Waals surface area contributed by atoms with Crippen molar-refractivity contribution in [1.82, 2.24) is 0 Å². The van der Waals surface area contributed by atoms with Crippen molar-refractivity contribution in [1.29, 1.82) is 0 Å². The third kappa shape index (κ3) is 4.20. The lowest BCUT2D eigenvalue weighted by molar-refractivity contribution is -0.384. The molecule has 0 unspecified atom stereocenters. The molecule has 5 N–H and O–H groups in total. The zero-order valence-corrected chi connectivity index (χ0v) is 13.2. The minimum atomic E-state index is -0.534. The molecule has 126 valence electrons. The first-order chi connectivity index (χ1) is 11.5. The van der Waals surface area contributed by atoms with Gasteiger partial charge in [-0.2, -0.15) is 0 Å². The number of carbonyl (C=O) groups is 1. The number of nitrogens with one attached hydrogen (secondary N) is 2. The van der Waals surface area contributed by atoms with Crippen LogP contribution in [0.15, 0.2) is 42.5 Å². The van der Waals surface area contributed by atoms with Crippen LogP contribution in [-0.4, -0.2) is 31.0 Å². The molecular weight excluding hydrogens is 312 g/mol. The Morgan fingerprint density at radius 1 is 1.29 bits per heavy atom. The molecule has 0 saturated carbocycles. The molecule has 8 heteroatoms. The number of hydrogen-bond acceptors (Lipinski definition) is 5. The summed E-state index contributed by atoms with van der Waals surface area (Å²) in [6.07, 6.45) is 0. The second-order valence-electron chi connectivity index (χ2n) is 4.95. The van der Waals surface area contributed by atoms with Crippen molar-refractivity contribution in [2.45, 2.75) is 0 Å². The molecule has 0 radical (unpaired) electrons. The van der Waals surface area contributed by atoms with Crippen LogP contribution >= 0.6 is 0 Å². The van der Waals surface area contributed by atoms with Crippen molar-refractivity contribution < 1.29 is 20.2 Å². The second-order valence-corrected chi connectivity index (χ2v) is 4.95. The number of amides is 1. The van der Waals surface area contributed by atoms with Crippen LogP contribution in [0.25, 0.3) is 0 Å². The van der Waals surface area contributed by atoms with Crippen LogP contribution in [0, 0.1) is 10.1 Å². The lowest BCUT2D eigenvalue weighted by Crippen LogP contribution is -2.53. The van der Waals surface area contributed by atoms with Gasteiger partial charge in [0.05, 0.1) is 30.7 Å². The number of carbonyl (C=O) groups excluding carboxylic acids is 1. The molecule has 1 amide bonds. The predicted octanol–water partition coefficient (Wildman–Crippen LogP) is 1.51. The number of benzene rings is 2. The van der Waals surface area contributed by atoms with Crippen molar-refractivity contribution in [2.75, 3.05) is 30.8 Å². The molecule has 0 aliphatic carbocycles. The molecule has 0 aliphatic rings. The zero-order chi connectivity index (χ0) is 17.5. The third-order valence-corrected chi connectivity index (χ3v) is 3.28. The van der Waals surface area contributed by atoms with Crippen LogP contribution in [0.2, 0.25) is 0 Å². The number of quaternary nitrogens is 1. The molecule has 0 aromatic heterocycles. The third-order valence-electron chi connectivity index (χ3n) is 3.28. The maximum Gasteiger partial charge on any atom is 0.270 e. The Kier molecular flexibility index (Phi) is 5.69. The van der Waals surface area contributed by atoms with Gasteiger partial charge in [0.2, 0.25) is 0 Å². The number of anilines is 2. The van der Waals surface area contributed by atoms with Gasteiger partial charge in [-0.05, 0) is 18.2 Å². The largest absolute Gasteiger partial charge is 0.497 e. The van der Waals surface area contributed by atoms with E-state index in [1.54, 1.807) is 24.3 Å². The molecule has 2 rings (SSSR count). The highest BCUT2D eigenvalue weighted by molar-refractivity contribution is 6.08. The fourth-order valence-corrected chi connectivity index (χ4v) is 2.11. The van der Waals surface area contributed by atoms with Gasteiger partial charge >= 0.3 is 0 Å². The maximum atomic E-state index is 12.5. The highest BCUT2D eigenvalue weighted by Crippen LogP contribution is 2.24. The van der Waals surface area contributed by atoms with E-state index in [9.17, 15) is 14.9 Å². The first-order valence-corrected chi connectivity index (χ1v) is 7.32. The molecule has 0 heterocycles. The lowest BCUT2D eigenvalue weighted by Gasteiger charge is -2.12. The molecule has 8 nitrogen and oxygen atoms in total. The van der Waals surface area contributed by atoms with Crippen LogP contribution < -0.4 is 21.1 Å². The molecule has 24 heavy (non-hydrogen) atoms. The zero-order valence-electron chi connectivity index (χ0n) is 13.2. The van der Waals surface area contributed by atoms with Crippen molar-refractivity contribution in [2.24, 2.45) is 0 Å². The Morgan fingerprint density at radius 2 is 2.08 bits per heavy atom. The molecule has 2 aromatic rings. The summed E-state index contributed by atoms with van der Waals surface area (Å²) >= 11 is 0. The standard InChI is InChI=1S/C16H18N4O4/c1-24-13-4-2-3-11(9-13)19-16(21)14-10-12(20(22)23)5-6-15(14)18-8-7-17/h2-6,9-10,18H,7-8,17H2,1H3,(H,19,21)/p+1. The highest BCUT2D eigenvalue weighted by atomic mass is 16.6. The monoisotopic (exact) mass is 331 g/mol. The normalized spacial score (nSPS) is 10.1. The average molecular weight is 331 g/mol. The lowest BCUT2D eigenvalue weighted by atomic mass is 10.1. The van der Waals surface area contributed by atoms with Crippen molar-refractivity contribution in [3.05, 3.63) is 58.1 Å². The minimum Gasteiger partial charge on any atom is -0.497 e. The molecule has 2 aromatic carbocycles. The van der Waals surface area contributed by atoms with E-state index in [0.717, 1.165) is 0 Å². The van der Waals surface area contributed by atoms with Gasteiger partial charge in [-0.25, -0.2) is 0 Å². The number of hydrogen-bond donors (Lipinski definition) is 3. The fourth-order valence-electron chi connectivity index (χ4n) is 2.11. The van der Waals surface area contributed by atoms with E-state index in [4.69, 9.17) is 4.74 Å². The Hall–Kier alpha value is -3.13. The van der Waals surface area contributed by atoms with Crippen LogP contribution in [0.3, 0.4) is 0 Å². The quantitative estimate of drug-likeness (QED) is 0.524. The van der Waals surface area contributed by atoms with Crippen molar-refractivity contribution >= 4 is 23.0 Å². The van der Waals surface area contributed by atoms with E-state index in [0.29, 0.717) is 30.2 Å². The van der Waals surface area contributed by atoms with E-state index in [1.165, 1.54) is 25.3 Å². The van der Waals surface area contributed by atoms with Crippen LogP contribution in [-0.2, 0) is 0 Å². The molecule has 0 spiro atoms. The molecule has 0 atom stereocenters. The Balaban J connectivity index is 2.30. The van der Waals surface area contributed by atoms with Gasteiger partial charge in [0, 0.05) is 29.6 Å². The SMILES string of the molecule is COc1cccc(NC(=O)c2cc([N+](=O)[O-])ccc2NCC[NH3+])c1. The minimum absolute atomic E-state index is 0.147. The van der Waals surface area contributed by atoms with E-state index in [2.05, 4.69) is 16.4 Å². The summed E-state index contributed by atoms with van der Waals surface area (Å²) in [5.41, 5.74) is 4.82. The van der Waals surface area contributed by atoms with Gasteiger partial charge in [0.1, 0.15) is 5.75 Å². The first-order valence-electron chi connectivity index (χ1n) is 7.32. The number of non-ortho nitro benzene ring substituents is 1. The first kappa shape index (κ1) is 17.2. The van der Waals surface area contributed by atoms with Gasteiger partial charge in [0.25, 0.3) is 11.6 Å². The van der Waals surface area contributed by atoms with Gasteiger partial charge < -0.3 is 21.1 Å². The highest BCUT2D eigenvalue weighted by Gasteiger charge is 2.17. The number of nitro groups is 1. The van der Waals surface area contributed by atoms with E-state index >= 15 is 0 Å². The second kappa shape index (κ2) is 7.93. The summed E-state index contributed by atoms with van der Waals surface area (Å²) < 4.78 is 5.11. The van der Waals surface area contributed by atoms with Gasteiger partial charge in [-0.3, -0.25) is 14.9 Å². The summed E-state index contributed by atoms with van der Waals surface area (Å²) in [6.45, 7) is 1.17. The number of ether oxygens (including phenoxy) is 1. The van der Waals surface area contributed by atoms with Crippen molar-refractivity contribution in [3.63, 3.8) is 0 Å². The van der Waals surface area contributed by atoms with E-state index < -0.39 is 10.8 Å². The molecular formula is C16H19N4O4+. The number of nitro benzene ring substituents is 1. The predicted molar refractivity (Wildman–Crippen MR) is 90.3 cm³/mol. The number of nitrogens with zero attached hydrogens (tertiary/aromatic N) is 1. The molecule has 0 fully saturated rings. The van der Waals surface area contributed by atoms with E-state index in [1.807, 2.05) is 0 Å². The van der Waals surface area contributed by atoms with Crippen molar-refractivity contribution in [3.8, 4) is 5.75 Å². The molecule has 0 aliphatic heterocycles. The summed E-state index contributed by atoms with van der Waals surface area (Å²) in [7, 11) is 1.53. The number of methoxy groups -OCH3 is 1. The molecule has 0 saturated heterocycles. The Bertz CT molecular complexity index is 749. The van der Waals surface area contributed by atoms with Gasteiger partial charge in [-0.1, -0.05) is 6.07 Å². The van der Waals surface area contributed by atoms with Gasteiger partial charge in [0.15, 0.2) is 0 Å². The topological polar surface area (TPSA) is 121 Å². The van der Waals surface area contributed by atoms with E-state index in [-0.39, 0.29) is 11.3 Å². The van der Waals surface area contributed by atoms with Crippen LogP contribution in [0.1, 0.15) is 10.4 Å². The average Bonchev–Trinajstić information content (AvgIpc) is 2.59. The summed E-state index contributed by atoms with van der Waals surface area (Å²) in [6, 6.07) is 11.0. The van der Waals surface area contributed by atoms with Crippen LogP contribution in [0.5, 0.6) is 5.75 Å². The molecule has 0 bridgehead atoms. The van der Waals surface area contributed by atoms with Crippen LogP contribution in [0.4, 0.5) is 17.1 Å². The maximum absolute atomic E-state index is 12.5. The summed E-state index contributed by atoms with van der Waals surface area (Å²) in [4.78, 5) is 23.0. The summed E-state index contributed by atoms with van der Waals surface area (Å²) in [5, 5.41) is 16.7. The van der Waals surface area contributed by atoms with Gasteiger partial charge in [-0.15, -0.1) is 0 Å². The Morgan fingerprint density at radius 3 is 2.75 bits per heavy atom. The smallest absolute Gasteiger partial charge is 0.270 e.